The van der Waals surface area contributed by atoms with Gasteiger partial charge in [-0.3, -0.25) is 14.5 Å². The molecule has 3 N–H and O–H groups in total. The number of aliphatic carboxylic acids is 1. The zero-order valence-corrected chi connectivity index (χ0v) is 20.5. The highest BCUT2D eigenvalue weighted by Gasteiger charge is 2.53. The monoisotopic (exact) mass is 524 g/mol. The number of nitrogens with one attached hydrogen (secondary N) is 1. The van der Waals surface area contributed by atoms with Crippen molar-refractivity contribution in [3.63, 3.8) is 0 Å². The fraction of sp³-hybridized carbons (Fsp3) is 0.217. The number of hydrogen-bond acceptors (Lipinski definition) is 10. The fourth-order valence-corrected chi connectivity index (χ4v) is 6.31. The van der Waals surface area contributed by atoms with E-state index in [1.807, 2.05) is 34.5 Å². The summed E-state index contributed by atoms with van der Waals surface area (Å²) in [4.78, 5) is 48.1. The molecule has 3 aromatic rings. The summed E-state index contributed by atoms with van der Waals surface area (Å²) in [5.41, 5.74) is 6.12. The molecule has 2 aliphatic rings. The van der Waals surface area contributed by atoms with Gasteiger partial charge in [-0.25, -0.2) is 4.98 Å². The van der Waals surface area contributed by atoms with E-state index in [1.54, 1.807) is 23.5 Å². The van der Waals surface area contributed by atoms with Gasteiger partial charge in [0.1, 0.15) is 30.0 Å². The largest absolute Gasteiger partial charge is 0.543 e. The summed E-state index contributed by atoms with van der Waals surface area (Å²) in [6.45, 7) is 0.295. The van der Waals surface area contributed by atoms with Gasteiger partial charge in [-0.2, -0.15) is 4.57 Å². The number of nitrogens with zero attached hydrogens (tertiary/aromatic N) is 4. The Morgan fingerprint density at radius 3 is 2.94 bits per heavy atom. The lowest BCUT2D eigenvalue weighted by molar-refractivity contribution is -0.687. The average molecular weight is 525 g/mol. The van der Waals surface area contributed by atoms with E-state index in [-0.39, 0.29) is 22.9 Å². The second-order valence-electron chi connectivity index (χ2n) is 8.03. The Kier molecular flexibility index (Phi) is 6.33. The standard InChI is InChI=1S/C23H20N6O5S2/c1-34-27-17(14-3-2-4-16(24)25-14)20(30)26-18-21(31)29-19(23(32)33)13(11-36-22(18)29)9-28-7-5-12-6-8-35-15(12)10-28/h2-8,10,18,22H,9,11H2,1H3,(H3-,24,25,26,30,32,33)/t18?,22-/m0/s1. The van der Waals surface area contributed by atoms with Crippen LogP contribution < -0.4 is 20.7 Å². The second kappa shape index (κ2) is 9.59. The number of anilines is 1. The third-order valence-corrected chi connectivity index (χ3v) is 7.97. The molecule has 0 radical (unpaired) electrons. The maximum atomic E-state index is 13.0. The number of nitrogen functional groups attached to an aromatic ring is 1. The number of carbonyl (C=O) groups is 3. The summed E-state index contributed by atoms with van der Waals surface area (Å²) in [5, 5.41) is 20.9. The number of rotatable bonds is 7. The van der Waals surface area contributed by atoms with Crippen molar-refractivity contribution in [1.82, 2.24) is 15.2 Å². The number of aromatic nitrogens is 2. The lowest BCUT2D eigenvalue weighted by atomic mass is 10.0. The summed E-state index contributed by atoms with van der Waals surface area (Å²) in [7, 11) is 1.28. The number of oxime groups is 1. The van der Waals surface area contributed by atoms with E-state index in [4.69, 9.17) is 10.6 Å². The van der Waals surface area contributed by atoms with Crippen LogP contribution in [0.25, 0.3) is 10.1 Å². The zero-order valence-electron chi connectivity index (χ0n) is 18.9. The molecular formula is C23H20N6O5S2. The van der Waals surface area contributed by atoms with Crippen LogP contribution in [0.4, 0.5) is 5.82 Å². The number of carbonyl (C=O) groups excluding carboxylic acids is 3. The molecule has 2 aliphatic heterocycles. The molecule has 0 spiro atoms. The topological polar surface area (TPSA) is 154 Å². The van der Waals surface area contributed by atoms with Gasteiger partial charge in [0.05, 0.1) is 16.4 Å². The normalized spacial score (nSPS) is 19.6. The van der Waals surface area contributed by atoms with Gasteiger partial charge in [0.15, 0.2) is 24.7 Å². The molecule has 1 unspecified atom stereocenters. The molecular weight excluding hydrogens is 504 g/mol. The molecule has 5 heterocycles. The number of hydrogen-bond donors (Lipinski definition) is 2. The smallest absolute Gasteiger partial charge is 0.276 e. The Bertz CT molecular complexity index is 1450. The van der Waals surface area contributed by atoms with E-state index in [0.29, 0.717) is 17.9 Å². The molecule has 0 saturated carbocycles. The van der Waals surface area contributed by atoms with Crippen LogP contribution in [-0.4, -0.2) is 57.7 Å². The number of carboxylic acids is 1. The summed E-state index contributed by atoms with van der Waals surface area (Å²) >= 11 is 2.96. The summed E-state index contributed by atoms with van der Waals surface area (Å²) in [6.07, 6.45) is 3.81. The number of β-lactam (4-membered cyclic amide) rings is 1. The molecule has 3 aromatic heterocycles. The van der Waals surface area contributed by atoms with Crippen molar-refractivity contribution in [2.45, 2.75) is 18.0 Å². The first-order valence-corrected chi connectivity index (χ1v) is 12.7. The predicted molar refractivity (Wildman–Crippen MR) is 131 cm³/mol. The first-order valence-electron chi connectivity index (χ1n) is 10.8. The van der Waals surface area contributed by atoms with Gasteiger partial charge in [0.25, 0.3) is 11.8 Å². The molecule has 36 heavy (non-hydrogen) atoms. The molecule has 184 valence electrons. The van der Waals surface area contributed by atoms with Crippen molar-refractivity contribution in [3.8, 4) is 0 Å². The number of fused-ring (bicyclic) bond motifs is 2. The van der Waals surface area contributed by atoms with Crippen LogP contribution in [-0.2, 0) is 25.8 Å². The number of pyridine rings is 2. The minimum absolute atomic E-state index is 0.156. The first kappa shape index (κ1) is 23.8. The molecule has 2 atom stereocenters. The summed E-state index contributed by atoms with van der Waals surface area (Å²) in [6, 6.07) is 7.72. The van der Waals surface area contributed by atoms with Crippen molar-refractivity contribution < 1.29 is 28.9 Å². The number of thioether (sulfide) groups is 1. The van der Waals surface area contributed by atoms with Gasteiger partial charge in [-0.1, -0.05) is 11.2 Å². The highest BCUT2D eigenvalue weighted by atomic mass is 32.2. The van der Waals surface area contributed by atoms with Gasteiger partial charge in [0, 0.05) is 22.8 Å². The number of carboxylic acid groups (broad SMARTS) is 1. The summed E-state index contributed by atoms with van der Waals surface area (Å²) < 4.78 is 2.95. The molecule has 13 heteroatoms. The average Bonchev–Trinajstić information content (AvgIpc) is 3.33. The third kappa shape index (κ3) is 4.27. The number of thiophene rings is 1. The molecule has 0 aliphatic carbocycles. The minimum Gasteiger partial charge on any atom is -0.543 e. The van der Waals surface area contributed by atoms with E-state index in [2.05, 4.69) is 15.5 Å². The third-order valence-electron chi connectivity index (χ3n) is 5.77. The van der Waals surface area contributed by atoms with Gasteiger partial charge < -0.3 is 25.8 Å². The lowest BCUT2D eigenvalue weighted by Crippen LogP contribution is -2.71. The Labute approximate surface area is 213 Å². The van der Waals surface area contributed by atoms with Gasteiger partial charge in [0.2, 0.25) is 0 Å². The maximum absolute atomic E-state index is 13.0. The molecule has 5 rings (SSSR count). The van der Waals surface area contributed by atoms with Crippen molar-refractivity contribution in [3.05, 3.63) is 65.1 Å². The van der Waals surface area contributed by atoms with Gasteiger partial charge in [-0.05, 0) is 23.6 Å². The van der Waals surface area contributed by atoms with E-state index in [9.17, 15) is 19.5 Å². The van der Waals surface area contributed by atoms with Crippen molar-refractivity contribution in [2.75, 3.05) is 18.6 Å². The Balaban J connectivity index is 1.36. The van der Waals surface area contributed by atoms with E-state index < -0.39 is 29.2 Å². The molecule has 1 fully saturated rings. The van der Waals surface area contributed by atoms with E-state index in [1.165, 1.54) is 29.8 Å². The molecule has 1 saturated heterocycles. The van der Waals surface area contributed by atoms with Crippen LogP contribution in [0.3, 0.4) is 0 Å². The molecule has 0 bridgehead atoms. The van der Waals surface area contributed by atoms with Crippen LogP contribution in [0.2, 0.25) is 0 Å². The lowest BCUT2D eigenvalue weighted by Gasteiger charge is -2.50. The fourth-order valence-electron chi connectivity index (χ4n) is 4.14. The second-order valence-corrected chi connectivity index (χ2v) is 10.1. The highest BCUT2D eigenvalue weighted by Crippen LogP contribution is 2.40. The SMILES string of the molecule is CON=C(C(=O)NC1C(=O)N2C(C(=O)[O-])=C(C[n+]3ccc4ccsc4c3)CS[C@@H]12)c1cccc(N)n1. The van der Waals surface area contributed by atoms with Gasteiger partial charge >= 0.3 is 0 Å². The highest BCUT2D eigenvalue weighted by molar-refractivity contribution is 8.00. The van der Waals surface area contributed by atoms with Crippen LogP contribution in [0, 0.1) is 0 Å². The van der Waals surface area contributed by atoms with E-state index in [0.717, 1.165) is 10.1 Å². The molecule has 11 nitrogen and oxygen atoms in total. The quantitative estimate of drug-likeness (QED) is 0.184. The minimum atomic E-state index is -1.43. The van der Waals surface area contributed by atoms with Crippen molar-refractivity contribution in [1.29, 1.82) is 0 Å². The molecule has 0 aromatic carbocycles. The zero-order chi connectivity index (χ0) is 25.4. The van der Waals surface area contributed by atoms with Crippen LogP contribution in [0.15, 0.2) is 64.5 Å². The van der Waals surface area contributed by atoms with Crippen molar-refractivity contribution in [2.24, 2.45) is 5.16 Å². The van der Waals surface area contributed by atoms with Crippen molar-refractivity contribution >= 4 is 62.5 Å². The number of amides is 2. The number of nitrogens with two attached hydrogens (primary N) is 1. The predicted octanol–water partition coefficient (Wildman–Crippen LogP) is -0.379. The van der Waals surface area contributed by atoms with E-state index >= 15 is 0 Å². The van der Waals surface area contributed by atoms with Crippen LogP contribution in [0.5, 0.6) is 0 Å². The van der Waals surface area contributed by atoms with Crippen LogP contribution >= 0.6 is 23.1 Å². The Hall–Kier alpha value is -3.97. The molecule has 2 amide bonds. The summed E-state index contributed by atoms with van der Waals surface area (Å²) in [5.74, 6) is -2.14. The van der Waals surface area contributed by atoms with Crippen LogP contribution in [0.1, 0.15) is 5.69 Å². The maximum Gasteiger partial charge on any atom is 0.276 e. The Morgan fingerprint density at radius 1 is 1.36 bits per heavy atom. The van der Waals surface area contributed by atoms with Gasteiger partial charge in [-0.15, -0.1) is 23.1 Å². The first-order chi connectivity index (χ1) is 17.4. The Morgan fingerprint density at radius 2 is 2.19 bits per heavy atom.